The van der Waals surface area contributed by atoms with E-state index in [1.165, 1.54) is 23.9 Å². The highest BCUT2D eigenvalue weighted by molar-refractivity contribution is 7.98. The Morgan fingerprint density at radius 2 is 2.07 bits per heavy atom. The first-order chi connectivity index (χ1) is 13.9. The molecule has 0 aliphatic rings. The summed E-state index contributed by atoms with van der Waals surface area (Å²) in [6.45, 7) is 1.77. The number of furan rings is 1. The fourth-order valence-electron chi connectivity index (χ4n) is 2.33. The van der Waals surface area contributed by atoms with Crippen molar-refractivity contribution in [1.29, 1.82) is 0 Å². The highest BCUT2D eigenvalue weighted by Gasteiger charge is 2.11. The molecule has 3 aromatic rings. The third kappa shape index (κ3) is 5.18. The monoisotopic (exact) mass is 467 g/mol. The number of nitrogens with zero attached hydrogens (tertiary/aromatic N) is 3. The first-order valence-electron chi connectivity index (χ1n) is 8.19. The number of thiocarbonyl (C=S) groups is 1. The van der Waals surface area contributed by atoms with Gasteiger partial charge in [-0.05, 0) is 55.7 Å². The molecular formula is C18H15Cl2N5O2S2. The number of carbonyl (C=O) groups excluding carboxylic acids is 1. The SMILES string of the molecule is CSc1nnc(C)n1NC(=S)NC(=O)/C=C/c1ccc(-c2cccc(Cl)c2Cl)o1. The van der Waals surface area contributed by atoms with Gasteiger partial charge in [-0.1, -0.05) is 41.0 Å². The molecule has 11 heteroatoms. The minimum Gasteiger partial charge on any atom is -0.457 e. The molecule has 1 amide bonds. The van der Waals surface area contributed by atoms with Crippen molar-refractivity contribution in [2.75, 3.05) is 11.7 Å². The Labute approximate surface area is 186 Å². The highest BCUT2D eigenvalue weighted by atomic mass is 35.5. The van der Waals surface area contributed by atoms with Gasteiger partial charge in [-0.25, -0.2) is 4.68 Å². The van der Waals surface area contributed by atoms with Gasteiger partial charge in [0.15, 0.2) is 5.11 Å². The summed E-state index contributed by atoms with van der Waals surface area (Å²) in [5.41, 5.74) is 3.53. The van der Waals surface area contributed by atoms with Crippen LogP contribution in [0.2, 0.25) is 10.0 Å². The molecular weight excluding hydrogens is 453 g/mol. The van der Waals surface area contributed by atoms with Gasteiger partial charge < -0.3 is 4.42 Å². The van der Waals surface area contributed by atoms with Crippen molar-refractivity contribution in [2.24, 2.45) is 0 Å². The smallest absolute Gasteiger partial charge is 0.250 e. The normalized spacial score (nSPS) is 11.0. The maximum Gasteiger partial charge on any atom is 0.250 e. The van der Waals surface area contributed by atoms with Gasteiger partial charge in [0.2, 0.25) is 11.1 Å². The number of aryl methyl sites for hydroxylation is 1. The van der Waals surface area contributed by atoms with Crippen LogP contribution >= 0.6 is 47.2 Å². The van der Waals surface area contributed by atoms with E-state index in [1.54, 1.807) is 41.9 Å². The molecule has 0 radical (unpaired) electrons. The van der Waals surface area contributed by atoms with Gasteiger partial charge in [0.1, 0.15) is 17.3 Å². The summed E-state index contributed by atoms with van der Waals surface area (Å²) >= 11 is 18.8. The fraction of sp³-hybridized carbons (Fsp3) is 0.111. The summed E-state index contributed by atoms with van der Waals surface area (Å²) in [4.78, 5) is 12.1. The van der Waals surface area contributed by atoms with Gasteiger partial charge in [-0.3, -0.25) is 15.5 Å². The Balaban J connectivity index is 1.62. The molecule has 0 fully saturated rings. The number of amides is 1. The molecule has 0 aliphatic carbocycles. The van der Waals surface area contributed by atoms with Crippen LogP contribution in [0.3, 0.4) is 0 Å². The number of halogens is 2. The third-order valence-electron chi connectivity index (χ3n) is 3.67. The zero-order chi connectivity index (χ0) is 21.0. The predicted octanol–water partition coefficient (Wildman–Crippen LogP) is 4.53. The van der Waals surface area contributed by atoms with Crippen LogP contribution in [0.1, 0.15) is 11.6 Å². The zero-order valence-electron chi connectivity index (χ0n) is 15.3. The van der Waals surface area contributed by atoms with Crippen LogP contribution in [-0.2, 0) is 4.79 Å². The number of hydrogen-bond acceptors (Lipinski definition) is 6. The van der Waals surface area contributed by atoms with Gasteiger partial charge in [-0.15, -0.1) is 10.2 Å². The van der Waals surface area contributed by atoms with E-state index in [0.29, 0.717) is 38.1 Å². The maximum atomic E-state index is 12.1. The Morgan fingerprint density at radius 1 is 1.28 bits per heavy atom. The van der Waals surface area contributed by atoms with Crippen LogP contribution in [-0.4, -0.2) is 32.1 Å². The molecule has 3 rings (SSSR count). The minimum atomic E-state index is -0.419. The summed E-state index contributed by atoms with van der Waals surface area (Å²) in [6, 6.07) is 8.75. The molecule has 2 aromatic heterocycles. The molecule has 0 aliphatic heterocycles. The van der Waals surface area contributed by atoms with Crippen molar-refractivity contribution in [2.45, 2.75) is 12.1 Å². The lowest BCUT2D eigenvalue weighted by Gasteiger charge is -2.11. The number of aromatic nitrogens is 3. The molecule has 0 spiro atoms. The molecule has 0 atom stereocenters. The van der Waals surface area contributed by atoms with E-state index in [9.17, 15) is 4.79 Å². The Kier molecular flexibility index (Phi) is 6.96. The van der Waals surface area contributed by atoms with E-state index >= 15 is 0 Å². The second-order valence-corrected chi connectivity index (χ2v) is 7.60. The van der Waals surface area contributed by atoms with Gasteiger partial charge in [0, 0.05) is 11.6 Å². The number of benzene rings is 1. The highest BCUT2D eigenvalue weighted by Crippen LogP contribution is 2.34. The van der Waals surface area contributed by atoms with E-state index in [2.05, 4.69) is 20.9 Å². The van der Waals surface area contributed by atoms with Crippen molar-refractivity contribution < 1.29 is 9.21 Å². The quantitative estimate of drug-likeness (QED) is 0.323. The van der Waals surface area contributed by atoms with E-state index < -0.39 is 5.91 Å². The van der Waals surface area contributed by atoms with Crippen LogP contribution in [0.15, 0.2) is 46.0 Å². The molecule has 1 aromatic carbocycles. The molecule has 0 unspecified atom stereocenters. The van der Waals surface area contributed by atoms with Gasteiger partial charge in [0.25, 0.3) is 0 Å². The number of nitrogens with one attached hydrogen (secondary N) is 2. The summed E-state index contributed by atoms with van der Waals surface area (Å²) < 4.78 is 7.30. The number of carbonyl (C=O) groups is 1. The molecule has 0 saturated heterocycles. The van der Waals surface area contributed by atoms with Crippen LogP contribution in [0.4, 0.5) is 0 Å². The van der Waals surface area contributed by atoms with Crippen LogP contribution in [0.25, 0.3) is 17.4 Å². The van der Waals surface area contributed by atoms with Crippen molar-refractivity contribution in [1.82, 2.24) is 20.2 Å². The molecule has 29 heavy (non-hydrogen) atoms. The molecule has 0 bridgehead atoms. The van der Waals surface area contributed by atoms with Crippen molar-refractivity contribution in [3.8, 4) is 11.3 Å². The lowest BCUT2D eigenvalue weighted by Crippen LogP contribution is -2.37. The third-order valence-corrected chi connectivity index (χ3v) is 5.31. The van der Waals surface area contributed by atoms with Crippen molar-refractivity contribution in [3.63, 3.8) is 0 Å². The average Bonchev–Trinajstić information content (AvgIpc) is 3.29. The van der Waals surface area contributed by atoms with E-state index in [4.69, 9.17) is 39.8 Å². The summed E-state index contributed by atoms with van der Waals surface area (Å²) in [6.07, 6.45) is 4.70. The fourth-order valence-corrected chi connectivity index (χ4v) is 3.39. The molecule has 2 heterocycles. The number of hydrogen-bond donors (Lipinski definition) is 2. The average molecular weight is 468 g/mol. The topological polar surface area (TPSA) is 85.0 Å². The summed E-state index contributed by atoms with van der Waals surface area (Å²) in [7, 11) is 0. The second-order valence-electron chi connectivity index (χ2n) is 5.64. The van der Waals surface area contributed by atoms with Crippen molar-refractivity contribution >= 4 is 64.3 Å². The lowest BCUT2D eigenvalue weighted by molar-refractivity contribution is -0.115. The zero-order valence-corrected chi connectivity index (χ0v) is 18.4. The standard InChI is InChI=1S/C18H15Cl2N5O2S2/c1-10-22-23-18(29-2)25(10)24-17(28)21-15(26)9-7-11-6-8-14(27-11)12-4-3-5-13(19)16(12)20/h3-9H,1-2H3,(H2,21,24,26,28)/b9-7+. The van der Waals surface area contributed by atoms with E-state index in [0.717, 1.165) is 0 Å². The molecule has 150 valence electrons. The summed E-state index contributed by atoms with van der Waals surface area (Å²) in [5, 5.41) is 12.1. The molecule has 2 N–H and O–H groups in total. The van der Waals surface area contributed by atoms with Gasteiger partial charge in [0.05, 0.1) is 10.0 Å². The maximum absolute atomic E-state index is 12.1. The first kappa shape index (κ1) is 21.4. The largest absolute Gasteiger partial charge is 0.457 e. The lowest BCUT2D eigenvalue weighted by atomic mass is 10.2. The number of thioether (sulfide) groups is 1. The summed E-state index contributed by atoms with van der Waals surface area (Å²) in [5.74, 6) is 1.22. The molecule has 7 nitrogen and oxygen atoms in total. The second kappa shape index (κ2) is 9.45. The predicted molar refractivity (Wildman–Crippen MR) is 120 cm³/mol. The van der Waals surface area contributed by atoms with Gasteiger partial charge in [-0.2, -0.15) is 0 Å². The van der Waals surface area contributed by atoms with E-state index in [-0.39, 0.29) is 5.11 Å². The Morgan fingerprint density at radius 3 is 2.83 bits per heavy atom. The van der Waals surface area contributed by atoms with Crippen LogP contribution in [0.5, 0.6) is 0 Å². The van der Waals surface area contributed by atoms with E-state index in [1.807, 2.05) is 6.26 Å². The van der Waals surface area contributed by atoms with Gasteiger partial charge >= 0.3 is 0 Å². The first-order valence-corrected chi connectivity index (χ1v) is 10.6. The molecule has 0 saturated carbocycles. The van der Waals surface area contributed by atoms with Crippen molar-refractivity contribution in [3.05, 3.63) is 58.0 Å². The minimum absolute atomic E-state index is 0.115. The Bertz CT molecular complexity index is 1090. The number of rotatable bonds is 5. The van der Waals surface area contributed by atoms with Crippen LogP contribution in [0, 0.1) is 6.92 Å². The Hall–Kier alpha value is -2.33. The van der Waals surface area contributed by atoms with Crippen LogP contribution < -0.4 is 10.7 Å².